The van der Waals surface area contributed by atoms with Gasteiger partial charge in [0, 0.05) is 17.0 Å². The Hall–Kier alpha value is -1.74. The number of hydrogen-bond donors (Lipinski definition) is 0. The molecule has 0 N–H and O–H groups in total. The lowest BCUT2D eigenvalue weighted by Gasteiger charge is -2.18. The smallest absolute Gasteiger partial charge is 0.165 e. The molecule has 0 saturated heterocycles. The zero-order valence-corrected chi connectivity index (χ0v) is 14.3. The second-order valence-electron chi connectivity index (χ2n) is 6.50. The van der Waals surface area contributed by atoms with Gasteiger partial charge >= 0.3 is 0 Å². The lowest BCUT2D eigenvalue weighted by Crippen LogP contribution is -2.25. The van der Waals surface area contributed by atoms with Crippen molar-refractivity contribution in [3.63, 3.8) is 0 Å². The van der Waals surface area contributed by atoms with E-state index in [-0.39, 0.29) is 23.8 Å². The zero-order chi connectivity index (χ0) is 16.6. The van der Waals surface area contributed by atoms with Gasteiger partial charge in [0.15, 0.2) is 11.6 Å². The first-order valence-electron chi connectivity index (χ1n) is 7.79. The van der Waals surface area contributed by atoms with Gasteiger partial charge in [-0.2, -0.15) is 0 Å². The predicted octanol–water partition coefficient (Wildman–Crippen LogP) is 5.33. The molecule has 0 aliphatic carbocycles. The van der Waals surface area contributed by atoms with Crippen molar-refractivity contribution in [3.05, 3.63) is 57.9 Å². The minimum absolute atomic E-state index is 0.224. The van der Waals surface area contributed by atoms with E-state index in [1.165, 1.54) is 6.07 Å². The molecule has 2 aromatic carbocycles. The highest BCUT2D eigenvalue weighted by Gasteiger charge is 2.32. The summed E-state index contributed by atoms with van der Waals surface area (Å²) in [5.74, 6) is 0.711. The fourth-order valence-electron chi connectivity index (χ4n) is 2.89. The fourth-order valence-corrected chi connectivity index (χ4v) is 3.15. The summed E-state index contributed by atoms with van der Waals surface area (Å²) in [5.41, 5.74) is 2.61. The molecular formula is C19H20ClFO2. The van der Waals surface area contributed by atoms with Crippen LogP contribution in [0, 0.1) is 5.82 Å². The first-order chi connectivity index (χ1) is 10.9. The SMILES string of the molecule is CCc1ccc(OCc2cc(Cl)cc3c2OC(C)(C)C3)c(F)c1. The van der Waals surface area contributed by atoms with Gasteiger partial charge in [0.1, 0.15) is 18.0 Å². The summed E-state index contributed by atoms with van der Waals surface area (Å²) in [7, 11) is 0. The minimum Gasteiger partial charge on any atom is -0.487 e. The molecule has 0 radical (unpaired) electrons. The van der Waals surface area contributed by atoms with Crippen LogP contribution in [0.4, 0.5) is 4.39 Å². The molecule has 0 spiro atoms. The molecule has 0 aromatic heterocycles. The van der Waals surface area contributed by atoms with Gasteiger partial charge in [0.05, 0.1) is 0 Å². The molecule has 2 nitrogen and oxygen atoms in total. The van der Waals surface area contributed by atoms with E-state index in [0.29, 0.717) is 5.02 Å². The van der Waals surface area contributed by atoms with Crippen molar-refractivity contribution in [2.24, 2.45) is 0 Å². The first-order valence-corrected chi connectivity index (χ1v) is 8.17. The molecule has 0 fully saturated rings. The van der Waals surface area contributed by atoms with Crippen LogP contribution in [0.3, 0.4) is 0 Å². The highest BCUT2D eigenvalue weighted by Crippen LogP contribution is 2.40. The molecule has 0 bridgehead atoms. The molecule has 122 valence electrons. The Morgan fingerprint density at radius 3 is 2.74 bits per heavy atom. The Bertz CT molecular complexity index is 740. The van der Waals surface area contributed by atoms with Crippen LogP contribution in [0.15, 0.2) is 30.3 Å². The van der Waals surface area contributed by atoms with Gasteiger partial charge in [-0.3, -0.25) is 0 Å². The van der Waals surface area contributed by atoms with E-state index in [1.54, 1.807) is 6.07 Å². The molecule has 1 heterocycles. The van der Waals surface area contributed by atoms with Crippen molar-refractivity contribution in [1.82, 2.24) is 0 Å². The lowest BCUT2D eigenvalue weighted by molar-refractivity contribution is 0.135. The average Bonchev–Trinajstić information content (AvgIpc) is 2.79. The van der Waals surface area contributed by atoms with E-state index in [1.807, 2.05) is 39.0 Å². The summed E-state index contributed by atoms with van der Waals surface area (Å²) in [6.45, 7) is 6.29. The van der Waals surface area contributed by atoms with Crippen molar-refractivity contribution < 1.29 is 13.9 Å². The van der Waals surface area contributed by atoms with E-state index in [0.717, 1.165) is 35.3 Å². The molecular weight excluding hydrogens is 315 g/mol. The fraction of sp³-hybridized carbons (Fsp3) is 0.368. The number of benzene rings is 2. The van der Waals surface area contributed by atoms with Gasteiger partial charge in [0.2, 0.25) is 0 Å². The molecule has 4 heteroatoms. The van der Waals surface area contributed by atoms with Crippen LogP contribution in [0.1, 0.15) is 37.5 Å². The van der Waals surface area contributed by atoms with E-state index in [9.17, 15) is 4.39 Å². The molecule has 0 saturated carbocycles. The number of aryl methyl sites for hydroxylation is 1. The van der Waals surface area contributed by atoms with Crippen LogP contribution in [-0.2, 0) is 19.4 Å². The summed E-state index contributed by atoms with van der Waals surface area (Å²) in [6, 6.07) is 8.80. The zero-order valence-electron chi connectivity index (χ0n) is 13.6. The average molecular weight is 335 g/mol. The first kappa shape index (κ1) is 16.1. The lowest BCUT2D eigenvalue weighted by atomic mass is 10.0. The van der Waals surface area contributed by atoms with Crippen molar-refractivity contribution >= 4 is 11.6 Å². The van der Waals surface area contributed by atoms with Gasteiger partial charge in [-0.05, 0) is 55.7 Å². The highest BCUT2D eigenvalue weighted by atomic mass is 35.5. The molecule has 3 rings (SSSR count). The van der Waals surface area contributed by atoms with Crippen molar-refractivity contribution in [3.8, 4) is 11.5 Å². The quantitative estimate of drug-likeness (QED) is 0.752. The van der Waals surface area contributed by atoms with Crippen LogP contribution >= 0.6 is 11.6 Å². The largest absolute Gasteiger partial charge is 0.487 e. The standard InChI is InChI=1S/C19H20ClFO2/c1-4-12-5-6-17(16(21)7-12)22-11-14-9-15(20)8-13-10-19(2,3)23-18(13)14/h5-9H,4,10-11H2,1-3H3. The minimum atomic E-state index is -0.343. The molecule has 2 aromatic rings. The van der Waals surface area contributed by atoms with Gasteiger partial charge < -0.3 is 9.47 Å². The van der Waals surface area contributed by atoms with Crippen LogP contribution in [0.25, 0.3) is 0 Å². The van der Waals surface area contributed by atoms with E-state index < -0.39 is 0 Å². The number of hydrogen-bond acceptors (Lipinski definition) is 2. The Morgan fingerprint density at radius 1 is 1.26 bits per heavy atom. The second-order valence-corrected chi connectivity index (χ2v) is 6.94. The third-order valence-corrected chi connectivity index (χ3v) is 4.21. The normalized spacial score (nSPS) is 15.2. The molecule has 0 unspecified atom stereocenters. The Kier molecular flexibility index (Phi) is 4.24. The van der Waals surface area contributed by atoms with Crippen LogP contribution < -0.4 is 9.47 Å². The number of rotatable bonds is 4. The summed E-state index contributed by atoms with van der Waals surface area (Å²) in [4.78, 5) is 0. The molecule has 1 aliphatic rings. The second kappa shape index (κ2) is 6.04. The van der Waals surface area contributed by atoms with Crippen molar-refractivity contribution in [2.75, 3.05) is 0 Å². The molecule has 0 atom stereocenters. The maximum atomic E-state index is 14.0. The topological polar surface area (TPSA) is 18.5 Å². The van der Waals surface area contributed by atoms with Crippen molar-refractivity contribution in [1.29, 1.82) is 0 Å². The van der Waals surface area contributed by atoms with Gasteiger partial charge in [0.25, 0.3) is 0 Å². The number of ether oxygens (including phenoxy) is 2. The number of halogens is 2. The Morgan fingerprint density at radius 2 is 2.04 bits per heavy atom. The van der Waals surface area contributed by atoms with Gasteiger partial charge in [-0.25, -0.2) is 4.39 Å². The maximum Gasteiger partial charge on any atom is 0.165 e. The summed E-state index contributed by atoms with van der Waals surface area (Å²) in [6.07, 6.45) is 1.59. The van der Waals surface area contributed by atoms with Crippen LogP contribution in [0.2, 0.25) is 5.02 Å². The van der Waals surface area contributed by atoms with E-state index in [2.05, 4.69) is 0 Å². The molecule has 1 aliphatic heterocycles. The predicted molar refractivity (Wildman–Crippen MR) is 90.0 cm³/mol. The third kappa shape index (κ3) is 3.45. The van der Waals surface area contributed by atoms with E-state index in [4.69, 9.17) is 21.1 Å². The summed E-state index contributed by atoms with van der Waals surface area (Å²) < 4.78 is 25.7. The molecule has 23 heavy (non-hydrogen) atoms. The Labute approximate surface area is 141 Å². The van der Waals surface area contributed by atoms with Gasteiger partial charge in [-0.1, -0.05) is 24.6 Å². The Balaban J connectivity index is 1.82. The van der Waals surface area contributed by atoms with E-state index >= 15 is 0 Å². The van der Waals surface area contributed by atoms with Gasteiger partial charge in [-0.15, -0.1) is 0 Å². The van der Waals surface area contributed by atoms with Crippen LogP contribution in [-0.4, -0.2) is 5.60 Å². The summed E-state index contributed by atoms with van der Waals surface area (Å²) >= 11 is 6.19. The highest BCUT2D eigenvalue weighted by molar-refractivity contribution is 6.30. The summed E-state index contributed by atoms with van der Waals surface area (Å²) in [5, 5.41) is 0.644. The maximum absolute atomic E-state index is 14.0. The van der Waals surface area contributed by atoms with Crippen molar-refractivity contribution in [2.45, 2.75) is 45.8 Å². The van der Waals surface area contributed by atoms with Crippen LogP contribution in [0.5, 0.6) is 11.5 Å². The monoisotopic (exact) mass is 334 g/mol. The molecule has 0 amide bonds. The third-order valence-electron chi connectivity index (χ3n) is 3.99. The number of fused-ring (bicyclic) bond motifs is 1.